The monoisotopic (exact) mass is 370 g/mol. The molecule has 2 aliphatic heterocycles. The fourth-order valence-corrected chi connectivity index (χ4v) is 4.66. The molecule has 1 saturated carbocycles. The molecule has 2 aromatic rings. The van der Waals surface area contributed by atoms with Gasteiger partial charge in [0.05, 0.1) is 10.7 Å². The number of halogens is 1. The second kappa shape index (κ2) is 5.53. The maximum atomic E-state index is 6.32. The van der Waals surface area contributed by atoms with Crippen LogP contribution in [0.25, 0.3) is 0 Å². The van der Waals surface area contributed by atoms with Crippen molar-refractivity contribution < 1.29 is 9.47 Å². The molecule has 4 nitrogen and oxygen atoms in total. The highest BCUT2D eigenvalue weighted by molar-refractivity contribution is 6.30. The topological polar surface area (TPSA) is 34.6 Å². The smallest absolute Gasteiger partial charge is 0.292 e. The molecular weight excluding hydrogens is 348 g/mol. The summed E-state index contributed by atoms with van der Waals surface area (Å²) < 4.78 is 12.5. The van der Waals surface area contributed by atoms with Crippen molar-refractivity contribution in [1.82, 2.24) is 4.98 Å². The average molecular weight is 371 g/mol. The third-order valence-corrected chi connectivity index (χ3v) is 6.67. The third-order valence-electron chi connectivity index (χ3n) is 6.45. The van der Waals surface area contributed by atoms with Gasteiger partial charge in [0, 0.05) is 26.2 Å². The highest BCUT2D eigenvalue weighted by atomic mass is 35.5. The zero-order valence-corrected chi connectivity index (χ0v) is 15.9. The summed E-state index contributed by atoms with van der Waals surface area (Å²) in [6.07, 6.45) is 5.57. The van der Waals surface area contributed by atoms with Gasteiger partial charge in [0.1, 0.15) is 5.69 Å². The standard InChI is InChI=1S/C21H23ClN2O2/c1-14-12-21(14)8-10-24(11-9-21)16-4-3-5-17-19(16)26-20(2,25-17)18-7-6-15(22)13-23-18/h3-7,13-14H,8-12H2,1-2H3/t14?,20-/m0/s1. The first-order chi connectivity index (χ1) is 12.5. The van der Waals surface area contributed by atoms with Crippen molar-refractivity contribution in [2.24, 2.45) is 11.3 Å². The van der Waals surface area contributed by atoms with Gasteiger partial charge < -0.3 is 14.4 Å². The van der Waals surface area contributed by atoms with E-state index >= 15 is 0 Å². The molecule has 5 heteroatoms. The van der Waals surface area contributed by atoms with Crippen molar-refractivity contribution >= 4 is 17.3 Å². The van der Waals surface area contributed by atoms with Crippen molar-refractivity contribution in [3.63, 3.8) is 0 Å². The molecule has 1 aromatic carbocycles. The molecule has 1 unspecified atom stereocenters. The fourth-order valence-electron chi connectivity index (χ4n) is 4.55. The molecule has 3 heterocycles. The van der Waals surface area contributed by atoms with E-state index in [0.717, 1.165) is 36.2 Å². The highest BCUT2D eigenvalue weighted by Gasteiger charge is 2.52. The van der Waals surface area contributed by atoms with Crippen molar-refractivity contribution in [2.45, 2.75) is 38.9 Å². The number of benzene rings is 1. The molecule has 0 radical (unpaired) electrons. The maximum Gasteiger partial charge on any atom is 0.292 e. The van der Waals surface area contributed by atoms with Crippen LogP contribution in [0.2, 0.25) is 5.02 Å². The highest BCUT2D eigenvalue weighted by Crippen LogP contribution is 2.60. The van der Waals surface area contributed by atoms with E-state index < -0.39 is 5.79 Å². The van der Waals surface area contributed by atoms with E-state index in [2.05, 4.69) is 22.9 Å². The van der Waals surface area contributed by atoms with Crippen molar-refractivity contribution in [1.29, 1.82) is 0 Å². The number of ether oxygens (including phenoxy) is 2. The summed E-state index contributed by atoms with van der Waals surface area (Å²) >= 11 is 5.97. The largest absolute Gasteiger partial charge is 0.443 e. The van der Waals surface area contributed by atoms with Gasteiger partial charge in [0.25, 0.3) is 5.79 Å². The molecule has 2 fully saturated rings. The minimum absolute atomic E-state index is 0.602. The molecule has 1 aromatic heterocycles. The molecule has 26 heavy (non-hydrogen) atoms. The molecular formula is C21H23ClN2O2. The van der Waals surface area contributed by atoms with Gasteiger partial charge in [0.2, 0.25) is 0 Å². The van der Waals surface area contributed by atoms with Crippen LogP contribution in [-0.2, 0) is 5.79 Å². The molecule has 0 N–H and O–H groups in total. The number of piperidine rings is 1. The summed E-state index contributed by atoms with van der Waals surface area (Å²) in [5.41, 5.74) is 2.46. The number of pyridine rings is 1. The Morgan fingerprint density at radius 1 is 1.15 bits per heavy atom. The Morgan fingerprint density at radius 3 is 2.58 bits per heavy atom. The summed E-state index contributed by atoms with van der Waals surface area (Å²) in [6, 6.07) is 9.81. The van der Waals surface area contributed by atoms with E-state index in [0.29, 0.717) is 16.1 Å². The summed E-state index contributed by atoms with van der Waals surface area (Å²) in [4.78, 5) is 6.84. The Kier molecular flexibility index (Phi) is 3.45. The lowest BCUT2D eigenvalue weighted by atomic mass is 9.91. The molecule has 5 rings (SSSR count). The minimum atomic E-state index is -0.926. The fraction of sp³-hybridized carbons (Fsp3) is 0.476. The Balaban J connectivity index is 1.41. The lowest BCUT2D eigenvalue weighted by Gasteiger charge is -2.35. The van der Waals surface area contributed by atoms with Crippen LogP contribution in [0.5, 0.6) is 11.5 Å². The summed E-state index contributed by atoms with van der Waals surface area (Å²) in [7, 11) is 0. The number of nitrogens with zero attached hydrogens (tertiary/aromatic N) is 2. The van der Waals surface area contributed by atoms with Crippen LogP contribution in [0.1, 0.15) is 38.8 Å². The second-order valence-corrected chi connectivity index (χ2v) is 8.51. The number of aromatic nitrogens is 1. The van der Waals surface area contributed by atoms with Crippen molar-refractivity contribution in [3.8, 4) is 11.5 Å². The summed E-state index contributed by atoms with van der Waals surface area (Å²) in [5.74, 6) is 1.57. The van der Waals surface area contributed by atoms with Crippen LogP contribution in [-0.4, -0.2) is 18.1 Å². The molecule has 136 valence electrons. The lowest BCUT2D eigenvalue weighted by molar-refractivity contribution is -0.0716. The number of hydrogen-bond donors (Lipinski definition) is 0. The predicted octanol–water partition coefficient (Wildman–Crippen LogP) is 5.01. The first kappa shape index (κ1) is 16.2. The normalized spacial score (nSPS) is 28.4. The second-order valence-electron chi connectivity index (χ2n) is 8.07. The van der Waals surface area contributed by atoms with Gasteiger partial charge in [-0.25, -0.2) is 0 Å². The molecule has 0 bridgehead atoms. The van der Waals surface area contributed by atoms with Crippen LogP contribution in [0.15, 0.2) is 36.5 Å². The van der Waals surface area contributed by atoms with Crippen LogP contribution in [0.4, 0.5) is 5.69 Å². The van der Waals surface area contributed by atoms with E-state index in [1.165, 1.54) is 19.3 Å². The van der Waals surface area contributed by atoms with Gasteiger partial charge in [0.15, 0.2) is 11.5 Å². The molecule has 1 aliphatic carbocycles. The quantitative estimate of drug-likeness (QED) is 0.744. The first-order valence-corrected chi connectivity index (χ1v) is 9.75. The zero-order chi connectivity index (χ0) is 17.9. The van der Waals surface area contributed by atoms with Gasteiger partial charge in [-0.2, -0.15) is 0 Å². The SMILES string of the molecule is CC1CC12CCN(c1cccc3c1O[C@@](C)(c1ccc(Cl)cn1)O3)CC2. The van der Waals surface area contributed by atoms with E-state index in [-0.39, 0.29) is 0 Å². The average Bonchev–Trinajstić information content (AvgIpc) is 3.10. The number of rotatable bonds is 2. The van der Waals surface area contributed by atoms with E-state index in [4.69, 9.17) is 21.1 Å². The summed E-state index contributed by atoms with van der Waals surface area (Å²) in [5, 5.41) is 0.602. The third kappa shape index (κ3) is 2.46. The van der Waals surface area contributed by atoms with Gasteiger partial charge in [-0.05, 0) is 54.9 Å². The molecule has 1 saturated heterocycles. The van der Waals surface area contributed by atoms with Crippen molar-refractivity contribution in [3.05, 3.63) is 47.2 Å². The van der Waals surface area contributed by atoms with E-state index in [1.807, 2.05) is 31.2 Å². The Bertz CT molecular complexity index is 846. The van der Waals surface area contributed by atoms with Crippen LogP contribution >= 0.6 is 11.6 Å². The van der Waals surface area contributed by atoms with Gasteiger partial charge in [-0.15, -0.1) is 0 Å². The Morgan fingerprint density at radius 2 is 1.92 bits per heavy atom. The van der Waals surface area contributed by atoms with Crippen molar-refractivity contribution in [2.75, 3.05) is 18.0 Å². The Hall–Kier alpha value is -1.94. The van der Waals surface area contributed by atoms with Gasteiger partial charge in [-0.3, -0.25) is 4.98 Å². The Labute approximate surface area is 159 Å². The van der Waals surface area contributed by atoms with E-state index in [9.17, 15) is 0 Å². The van der Waals surface area contributed by atoms with Crippen LogP contribution in [0.3, 0.4) is 0 Å². The molecule has 3 aliphatic rings. The summed E-state index contributed by atoms with van der Waals surface area (Å²) in [6.45, 7) is 6.46. The van der Waals surface area contributed by atoms with Crippen LogP contribution < -0.4 is 14.4 Å². The van der Waals surface area contributed by atoms with Gasteiger partial charge in [-0.1, -0.05) is 24.6 Å². The molecule has 1 spiro atoms. The molecule has 0 amide bonds. The number of hydrogen-bond acceptors (Lipinski definition) is 4. The maximum absolute atomic E-state index is 6.32. The van der Waals surface area contributed by atoms with Gasteiger partial charge >= 0.3 is 0 Å². The number of anilines is 1. The number of para-hydroxylation sites is 1. The minimum Gasteiger partial charge on any atom is -0.443 e. The molecule has 2 atom stereocenters. The number of fused-ring (bicyclic) bond motifs is 1. The van der Waals surface area contributed by atoms with E-state index in [1.54, 1.807) is 6.20 Å². The zero-order valence-electron chi connectivity index (χ0n) is 15.2. The predicted molar refractivity (Wildman–Crippen MR) is 102 cm³/mol. The van der Waals surface area contributed by atoms with Crippen LogP contribution in [0, 0.1) is 11.3 Å². The first-order valence-electron chi connectivity index (χ1n) is 9.37. The lowest BCUT2D eigenvalue weighted by Crippen LogP contribution is -2.36.